The molecule has 2 aromatic rings. The van der Waals surface area contributed by atoms with Crippen molar-refractivity contribution in [3.05, 3.63) is 42.2 Å². The lowest BCUT2D eigenvalue weighted by molar-refractivity contribution is -0.133. The molecule has 0 radical (unpaired) electrons. The summed E-state index contributed by atoms with van der Waals surface area (Å²) in [4.78, 5) is 18.5. The highest BCUT2D eigenvalue weighted by Gasteiger charge is 2.27. The van der Waals surface area contributed by atoms with E-state index >= 15 is 0 Å². The number of H-pyrrole nitrogens is 1. The zero-order valence-corrected chi connectivity index (χ0v) is 14.5. The lowest BCUT2D eigenvalue weighted by Gasteiger charge is -2.33. The number of nitrogens with zero attached hydrogens (tertiary/aromatic N) is 3. The van der Waals surface area contributed by atoms with Crippen LogP contribution in [0.15, 0.2) is 41.8 Å². The number of thioether (sulfide) groups is 1. The van der Waals surface area contributed by atoms with Gasteiger partial charge in [-0.15, -0.1) is 0 Å². The molecule has 1 aromatic heterocycles. The Labute approximate surface area is 146 Å². The number of carbonyl (C=O) groups is 1. The van der Waals surface area contributed by atoms with E-state index < -0.39 is 0 Å². The monoisotopic (exact) mass is 346 g/mol. The van der Waals surface area contributed by atoms with Crippen molar-refractivity contribution in [1.29, 1.82) is 0 Å². The highest BCUT2D eigenvalue weighted by molar-refractivity contribution is 8.00. The Morgan fingerprint density at radius 3 is 2.79 bits per heavy atom. The third-order valence-electron chi connectivity index (χ3n) is 4.11. The molecule has 1 fully saturated rings. The van der Waals surface area contributed by atoms with Crippen molar-refractivity contribution in [2.75, 3.05) is 13.1 Å². The third kappa shape index (κ3) is 4.58. The summed E-state index contributed by atoms with van der Waals surface area (Å²) in [5, 5.41) is 7.09. The smallest absolute Gasteiger partial charge is 0.235 e. The molecule has 1 aliphatic rings. The zero-order chi connectivity index (χ0) is 16.8. The first-order chi connectivity index (χ1) is 11.7. The molecule has 1 saturated heterocycles. The summed E-state index contributed by atoms with van der Waals surface area (Å²) in [5.74, 6) is 0.151. The third-order valence-corrected chi connectivity index (χ3v) is 5.09. The first kappa shape index (κ1) is 17.0. The average Bonchev–Trinajstić information content (AvgIpc) is 3.13. The summed E-state index contributed by atoms with van der Waals surface area (Å²) in [7, 11) is 0. The fraction of sp³-hybridized carbons (Fsp3) is 0.471. The Morgan fingerprint density at radius 1 is 1.38 bits per heavy atom. The number of likely N-dealkylation sites (tertiary alicyclic amines) is 1. The molecule has 1 N–H and O–H groups in total. The molecule has 0 spiro atoms. The van der Waals surface area contributed by atoms with Crippen LogP contribution >= 0.6 is 11.8 Å². The lowest BCUT2D eigenvalue weighted by Crippen LogP contribution is -2.44. The SMILES string of the molecule is CC(Sc1ncn[nH]1)C(=O)N1CCC(OCc2ccccc2)CC1. The predicted molar refractivity (Wildman–Crippen MR) is 92.5 cm³/mol. The van der Waals surface area contributed by atoms with E-state index in [-0.39, 0.29) is 17.3 Å². The minimum atomic E-state index is -0.167. The van der Waals surface area contributed by atoms with E-state index in [0.29, 0.717) is 11.8 Å². The quantitative estimate of drug-likeness (QED) is 0.814. The minimum Gasteiger partial charge on any atom is -0.373 e. The van der Waals surface area contributed by atoms with Gasteiger partial charge in [0.1, 0.15) is 6.33 Å². The van der Waals surface area contributed by atoms with Crippen molar-refractivity contribution < 1.29 is 9.53 Å². The summed E-state index contributed by atoms with van der Waals surface area (Å²) in [5.41, 5.74) is 1.19. The second-order valence-electron chi connectivity index (χ2n) is 5.87. The fourth-order valence-corrected chi connectivity index (χ4v) is 3.56. The standard InChI is InChI=1S/C17H22N4O2S/c1-13(24-17-18-12-19-20-17)16(22)21-9-7-15(8-10-21)23-11-14-5-3-2-4-6-14/h2-6,12-13,15H,7-11H2,1H3,(H,18,19,20). The molecular formula is C17H22N4O2S. The number of piperidine rings is 1. The Bertz CT molecular complexity index is 627. The largest absolute Gasteiger partial charge is 0.373 e. The van der Waals surface area contributed by atoms with Gasteiger partial charge in [-0.05, 0) is 25.3 Å². The van der Waals surface area contributed by atoms with Crippen LogP contribution in [0.4, 0.5) is 0 Å². The van der Waals surface area contributed by atoms with Gasteiger partial charge in [-0.25, -0.2) is 4.98 Å². The topological polar surface area (TPSA) is 71.1 Å². The molecule has 24 heavy (non-hydrogen) atoms. The van der Waals surface area contributed by atoms with Crippen LogP contribution in [-0.2, 0) is 16.1 Å². The van der Waals surface area contributed by atoms with E-state index in [9.17, 15) is 4.79 Å². The predicted octanol–water partition coefficient (Wildman–Crippen LogP) is 2.49. The number of aromatic nitrogens is 3. The molecule has 1 unspecified atom stereocenters. The highest BCUT2D eigenvalue weighted by Crippen LogP contribution is 2.23. The van der Waals surface area contributed by atoms with Gasteiger partial charge in [0.25, 0.3) is 0 Å². The van der Waals surface area contributed by atoms with E-state index in [1.54, 1.807) is 0 Å². The maximum atomic E-state index is 12.5. The number of amides is 1. The van der Waals surface area contributed by atoms with Gasteiger partial charge >= 0.3 is 0 Å². The molecule has 6 nitrogen and oxygen atoms in total. The van der Waals surface area contributed by atoms with Crippen LogP contribution in [0.25, 0.3) is 0 Å². The first-order valence-electron chi connectivity index (χ1n) is 8.18. The maximum Gasteiger partial charge on any atom is 0.235 e. The van der Waals surface area contributed by atoms with Gasteiger partial charge in [-0.2, -0.15) is 5.10 Å². The van der Waals surface area contributed by atoms with E-state index in [2.05, 4.69) is 27.3 Å². The summed E-state index contributed by atoms with van der Waals surface area (Å²) in [6.07, 6.45) is 3.46. The van der Waals surface area contributed by atoms with Crippen LogP contribution < -0.4 is 0 Å². The summed E-state index contributed by atoms with van der Waals surface area (Å²) in [6.45, 7) is 4.05. The maximum absolute atomic E-state index is 12.5. The van der Waals surface area contributed by atoms with Crippen LogP contribution in [0.1, 0.15) is 25.3 Å². The molecule has 1 aromatic carbocycles. The van der Waals surface area contributed by atoms with Gasteiger partial charge in [0.15, 0.2) is 5.16 Å². The summed E-state index contributed by atoms with van der Waals surface area (Å²) < 4.78 is 5.98. The molecule has 0 aliphatic carbocycles. The first-order valence-corrected chi connectivity index (χ1v) is 9.06. The normalized spacial score (nSPS) is 17.0. The van der Waals surface area contributed by atoms with Crippen LogP contribution in [0.2, 0.25) is 0 Å². The number of aromatic amines is 1. The fourth-order valence-electron chi connectivity index (χ4n) is 2.76. The van der Waals surface area contributed by atoms with Crippen molar-refractivity contribution in [2.24, 2.45) is 0 Å². The van der Waals surface area contributed by atoms with Gasteiger partial charge in [0.05, 0.1) is 18.0 Å². The molecular weight excluding hydrogens is 324 g/mol. The number of hydrogen-bond acceptors (Lipinski definition) is 5. The van der Waals surface area contributed by atoms with Crippen molar-refractivity contribution >= 4 is 17.7 Å². The molecule has 3 rings (SSSR count). The number of benzene rings is 1. The summed E-state index contributed by atoms with van der Waals surface area (Å²) >= 11 is 1.41. The van der Waals surface area contributed by atoms with Crippen molar-refractivity contribution in [3.8, 4) is 0 Å². The Hall–Kier alpha value is -1.86. The number of carbonyl (C=O) groups excluding carboxylic acids is 1. The second-order valence-corrected chi connectivity index (χ2v) is 7.20. The van der Waals surface area contributed by atoms with Crippen LogP contribution in [0.3, 0.4) is 0 Å². The summed E-state index contributed by atoms with van der Waals surface area (Å²) in [6, 6.07) is 10.2. The van der Waals surface area contributed by atoms with Gasteiger partial charge in [0.2, 0.25) is 5.91 Å². The van der Waals surface area contributed by atoms with Crippen molar-refractivity contribution in [3.63, 3.8) is 0 Å². The number of nitrogens with one attached hydrogen (secondary N) is 1. The molecule has 1 amide bonds. The molecule has 1 atom stereocenters. The lowest BCUT2D eigenvalue weighted by atomic mass is 10.1. The Balaban J connectivity index is 1.42. The van der Waals surface area contributed by atoms with Crippen LogP contribution in [-0.4, -0.2) is 50.4 Å². The molecule has 0 saturated carbocycles. The van der Waals surface area contributed by atoms with Gasteiger partial charge < -0.3 is 9.64 Å². The van der Waals surface area contributed by atoms with E-state index in [1.807, 2.05) is 30.0 Å². The van der Waals surface area contributed by atoms with Crippen LogP contribution in [0, 0.1) is 0 Å². The van der Waals surface area contributed by atoms with Crippen molar-refractivity contribution in [1.82, 2.24) is 20.1 Å². The Morgan fingerprint density at radius 2 is 2.12 bits per heavy atom. The van der Waals surface area contributed by atoms with Gasteiger partial charge in [0, 0.05) is 13.1 Å². The second kappa shape index (κ2) is 8.30. The molecule has 7 heteroatoms. The van der Waals surface area contributed by atoms with Gasteiger partial charge in [-0.1, -0.05) is 42.1 Å². The van der Waals surface area contributed by atoms with Crippen LogP contribution in [0.5, 0.6) is 0 Å². The zero-order valence-electron chi connectivity index (χ0n) is 13.7. The average molecular weight is 346 g/mol. The highest BCUT2D eigenvalue weighted by atomic mass is 32.2. The number of ether oxygens (including phenoxy) is 1. The number of hydrogen-bond donors (Lipinski definition) is 1. The van der Waals surface area contributed by atoms with E-state index in [4.69, 9.17) is 4.74 Å². The molecule has 1 aliphatic heterocycles. The molecule has 128 valence electrons. The van der Waals surface area contributed by atoms with E-state index in [0.717, 1.165) is 25.9 Å². The minimum absolute atomic E-state index is 0.151. The van der Waals surface area contributed by atoms with Gasteiger partial charge in [-0.3, -0.25) is 9.89 Å². The van der Waals surface area contributed by atoms with E-state index in [1.165, 1.54) is 23.7 Å². The van der Waals surface area contributed by atoms with Crippen molar-refractivity contribution in [2.45, 2.75) is 42.9 Å². The number of rotatable bonds is 6. The Kier molecular flexibility index (Phi) is 5.87. The molecule has 0 bridgehead atoms. The molecule has 2 heterocycles.